The summed E-state index contributed by atoms with van der Waals surface area (Å²) in [7, 11) is 0. The van der Waals surface area contributed by atoms with Crippen molar-refractivity contribution < 1.29 is 4.79 Å². The highest BCUT2D eigenvalue weighted by molar-refractivity contribution is 8.01. The molecule has 0 aliphatic carbocycles. The van der Waals surface area contributed by atoms with Gasteiger partial charge in [0, 0.05) is 5.56 Å². The molecule has 1 aromatic carbocycles. The fraction of sp³-hybridized carbons (Fsp3) is 0.118. The molecule has 120 valence electrons. The van der Waals surface area contributed by atoms with Crippen molar-refractivity contribution in [3.63, 3.8) is 0 Å². The molecule has 0 aliphatic rings. The fourth-order valence-corrected chi connectivity index (χ4v) is 4.76. The van der Waals surface area contributed by atoms with Crippen LogP contribution in [0.2, 0.25) is 0 Å². The van der Waals surface area contributed by atoms with Crippen LogP contribution in [0, 0.1) is 18.3 Å². The van der Waals surface area contributed by atoms with Crippen LogP contribution in [0.15, 0.2) is 46.0 Å². The number of amides is 1. The highest BCUT2D eigenvalue weighted by atomic mass is 32.2. The average molecular weight is 372 g/mol. The number of nitrogens with zero attached hydrogens (tertiary/aromatic N) is 2. The van der Waals surface area contributed by atoms with Crippen LogP contribution in [-0.4, -0.2) is 16.6 Å². The number of rotatable bonds is 5. The minimum absolute atomic E-state index is 0.158. The van der Waals surface area contributed by atoms with Crippen molar-refractivity contribution in [2.45, 2.75) is 11.1 Å². The highest BCUT2D eigenvalue weighted by Gasteiger charge is 2.17. The van der Waals surface area contributed by atoms with Gasteiger partial charge in [-0.3, -0.25) is 10.1 Å². The van der Waals surface area contributed by atoms with E-state index in [1.54, 1.807) is 0 Å². The van der Waals surface area contributed by atoms with Gasteiger partial charge in [0.05, 0.1) is 21.7 Å². The van der Waals surface area contributed by atoms with Gasteiger partial charge in [-0.25, -0.2) is 4.98 Å². The van der Waals surface area contributed by atoms with Crippen LogP contribution in [0.25, 0.3) is 11.1 Å². The minimum atomic E-state index is -0.158. The summed E-state index contributed by atoms with van der Waals surface area (Å²) in [5.74, 6) is 0.217. The number of nitriles is 1. The van der Waals surface area contributed by atoms with Crippen molar-refractivity contribution in [2.75, 3.05) is 11.1 Å². The van der Waals surface area contributed by atoms with Crippen LogP contribution in [0.4, 0.5) is 5.13 Å². The van der Waals surface area contributed by atoms with Crippen LogP contribution < -0.4 is 5.32 Å². The monoisotopic (exact) mass is 371 g/mol. The van der Waals surface area contributed by atoms with Crippen LogP contribution in [0.5, 0.6) is 0 Å². The number of hydrogen-bond donors (Lipinski definition) is 1. The number of benzene rings is 1. The first kappa shape index (κ1) is 16.7. The van der Waals surface area contributed by atoms with E-state index < -0.39 is 0 Å². The Morgan fingerprint density at radius 2 is 2.12 bits per heavy atom. The number of thiazole rings is 1. The number of aromatic nitrogens is 1. The molecule has 0 spiro atoms. The third-order valence-corrected chi connectivity index (χ3v) is 6.41. The summed E-state index contributed by atoms with van der Waals surface area (Å²) >= 11 is 4.25. The lowest BCUT2D eigenvalue weighted by atomic mass is 10.1. The van der Waals surface area contributed by atoms with Gasteiger partial charge in [0.2, 0.25) is 0 Å². The van der Waals surface area contributed by atoms with E-state index in [0.29, 0.717) is 15.8 Å². The number of aryl methyl sites for hydroxylation is 1. The molecule has 2 heterocycles. The lowest BCUT2D eigenvalue weighted by molar-refractivity contribution is 0.103. The van der Waals surface area contributed by atoms with Gasteiger partial charge in [0.15, 0.2) is 5.13 Å². The van der Waals surface area contributed by atoms with Crippen molar-refractivity contribution >= 4 is 45.5 Å². The Balaban J connectivity index is 1.80. The molecular weight excluding hydrogens is 358 g/mol. The Kier molecular flexibility index (Phi) is 5.30. The average Bonchev–Trinajstić information content (AvgIpc) is 3.20. The molecule has 4 nitrogen and oxygen atoms in total. The maximum absolute atomic E-state index is 12.6. The van der Waals surface area contributed by atoms with Crippen molar-refractivity contribution in [3.8, 4) is 17.2 Å². The second kappa shape index (κ2) is 7.62. The van der Waals surface area contributed by atoms with Gasteiger partial charge >= 0.3 is 0 Å². The molecule has 0 fully saturated rings. The highest BCUT2D eigenvalue weighted by Crippen LogP contribution is 2.33. The number of carbonyl (C=O) groups is 1. The van der Waals surface area contributed by atoms with Crippen molar-refractivity contribution in [2.24, 2.45) is 0 Å². The fourth-order valence-electron chi connectivity index (χ4n) is 2.15. The Labute approximate surface area is 152 Å². The summed E-state index contributed by atoms with van der Waals surface area (Å²) in [5.41, 5.74) is 2.78. The second-order valence-corrected chi connectivity index (χ2v) is 7.98. The first-order valence-corrected chi connectivity index (χ1v) is 9.78. The third kappa shape index (κ3) is 3.67. The quantitative estimate of drug-likeness (QED) is 0.638. The molecule has 0 saturated heterocycles. The van der Waals surface area contributed by atoms with Gasteiger partial charge in [-0.05, 0) is 23.9 Å². The normalized spacial score (nSPS) is 10.3. The lowest BCUT2D eigenvalue weighted by Crippen LogP contribution is -2.11. The molecular formula is C17H13N3OS3. The smallest absolute Gasteiger partial charge is 0.268 e. The van der Waals surface area contributed by atoms with Crippen LogP contribution in [0.1, 0.15) is 15.4 Å². The standard InChI is InChI=1S/C17H13N3OS3/c1-11-16(23-10-8-18)24-17(19-11)20-15(21)14-13(7-9-22-14)12-5-3-2-4-6-12/h2-7,9H,10H2,1H3,(H,19,20,21). The molecule has 0 unspecified atom stereocenters. The topological polar surface area (TPSA) is 65.8 Å². The van der Waals surface area contributed by atoms with E-state index in [2.05, 4.69) is 16.4 Å². The third-order valence-electron chi connectivity index (χ3n) is 3.20. The van der Waals surface area contributed by atoms with E-state index in [4.69, 9.17) is 5.26 Å². The SMILES string of the molecule is Cc1nc(NC(=O)c2sccc2-c2ccccc2)sc1SCC#N. The summed E-state index contributed by atoms with van der Waals surface area (Å²) < 4.78 is 0.960. The lowest BCUT2D eigenvalue weighted by Gasteiger charge is -2.04. The minimum Gasteiger partial charge on any atom is -0.297 e. The Morgan fingerprint density at radius 3 is 2.88 bits per heavy atom. The maximum Gasteiger partial charge on any atom is 0.268 e. The molecule has 1 N–H and O–H groups in total. The molecule has 0 saturated carbocycles. The predicted molar refractivity (Wildman–Crippen MR) is 101 cm³/mol. The van der Waals surface area contributed by atoms with Crippen LogP contribution >= 0.6 is 34.4 Å². The second-order valence-electron chi connectivity index (χ2n) is 4.82. The summed E-state index contributed by atoms with van der Waals surface area (Å²) in [5, 5.41) is 14.0. The molecule has 3 aromatic rings. The molecule has 0 radical (unpaired) electrons. The first-order valence-electron chi connectivity index (χ1n) is 7.10. The van der Waals surface area contributed by atoms with Gasteiger partial charge in [-0.1, -0.05) is 53.4 Å². The van der Waals surface area contributed by atoms with E-state index in [1.807, 2.05) is 48.7 Å². The summed E-state index contributed by atoms with van der Waals surface area (Å²) in [4.78, 5) is 17.7. The zero-order chi connectivity index (χ0) is 16.9. The first-order chi connectivity index (χ1) is 11.7. The largest absolute Gasteiger partial charge is 0.297 e. The molecule has 3 rings (SSSR count). The summed E-state index contributed by atoms with van der Waals surface area (Å²) in [6.07, 6.45) is 0. The number of carbonyl (C=O) groups excluding carboxylic acids is 1. The zero-order valence-corrected chi connectivity index (χ0v) is 15.2. The van der Waals surface area contributed by atoms with Crippen molar-refractivity contribution in [3.05, 3.63) is 52.3 Å². The Bertz CT molecular complexity index is 893. The maximum atomic E-state index is 12.6. The molecule has 0 aliphatic heterocycles. The van der Waals surface area contributed by atoms with E-state index in [0.717, 1.165) is 21.0 Å². The van der Waals surface area contributed by atoms with Crippen molar-refractivity contribution in [1.82, 2.24) is 4.98 Å². The van der Waals surface area contributed by atoms with E-state index >= 15 is 0 Å². The Morgan fingerprint density at radius 1 is 1.33 bits per heavy atom. The van der Waals surface area contributed by atoms with E-state index in [-0.39, 0.29) is 5.91 Å². The number of hydrogen-bond acceptors (Lipinski definition) is 6. The molecule has 2 aromatic heterocycles. The van der Waals surface area contributed by atoms with Crippen LogP contribution in [-0.2, 0) is 0 Å². The summed E-state index contributed by atoms with van der Waals surface area (Å²) in [6.45, 7) is 1.88. The molecule has 0 atom stereocenters. The number of thioether (sulfide) groups is 1. The number of nitrogens with one attached hydrogen (secondary N) is 1. The van der Waals surface area contributed by atoms with Gasteiger partial charge in [-0.15, -0.1) is 11.3 Å². The number of anilines is 1. The van der Waals surface area contributed by atoms with Gasteiger partial charge < -0.3 is 0 Å². The van der Waals surface area contributed by atoms with Crippen molar-refractivity contribution in [1.29, 1.82) is 5.26 Å². The van der Waals surface area contributed by atoms with Gasteiger partial charge in [-0.2, -0.15) is 5.26 Å². The van der Waals surface area contributed by atoms with Gasteiger partial charge in [0.1, 0.15) is 4.88 Å². The van der Waals surface area contributed by atoms with E-state index in [9.17, 15) is 4.79 Å². The zero-order valence-electron chi connectivity index (χ0n) is 12.8. The predicted octanol–water partition coefficient (Wildman–Crippen LogP) is 5.05. The molecule has 24 heavy (non-hydrogen) atoms. The Hall–Kier alpha value is -2.14. The summed E-state index contributed by atoms with van der Waals surface area (Å²) in [6, 6.07) is 13.9. The van der Waals surface area contributed by atoms with Crippen LogP contribution in [0.3, 0.4) is 0 Å². The number of thiophene rings is 1. The molecule has 0 bridgehead atoms. The van der Waals surface area contributed by atoms with Gasteiger partial charge in [0.25, 0.3) is 5.91 Å². The van der Waals surface area contributed by atoms with E-state index in [1.165, 1.54) is 34.4 Å². The molecule has 1 amide bonds. The molecule has 7 heteroatoms.